The number of ether oxygens (including phenoxy) is 1. The van der Waals surface area contributed by atoms with E-state index in [4.69, 9.17) is 4.74 Å². The zero-order valence-corrected chi connectivity index (χ0v) is 11.6. The first-order valence-corrected chi connectivity index (χ1v) is 6.55. The molecule has 0 fully saturated rings. The fourth-order valence-corrected chi connectivity index (χ4v) is 2.42. The van der Waals surface area contributed by atoms with E-state index in [-0.39, 0.29) is 5.92 Å². The summed E-state index contributed by atoms with van der Waals surface area (Å²) >= 11 is 0. The van der Waals surface area contributed by atoms with Crippen molar-refractivity contribution in [2.75, 3.05) is 7.11 Å². The number of aliphatic carboxylic acids is 1. The summed E-state index contributed by atoms with van der Waals surface area (Å²) in [7, 11) is 1.61. The quantitative estimate of drug-likeness (QED) is 0.901. The van der Waals surface area contributed by atoms with E-state index >= 15 is 0 Å². The van der Waals surface area contributed by atoms with Gasteiger partial charge in [-0.1, -0.05) is 49.4 Å². The van der Waals surface area contributed by atoms with E-state index in [1.54, 1.807) is 7.11 Å². The molecule has 0 saturated heterocycles. The van der Waals surface area contributed by atoms with Gasteiger partial charge in [-0.05, 0) is 29.2 Å². The van der Waals surface area contributed by atoms with Gasteiger partial charge in [-0.2, -0.15) is 0 Å². The molecule has 0 radical (unpaired) electrons. The summed E-state index contributed by atoms with van der Waals surface area (Å²) in [5.41, 5.74) is 1.77. The zero-order valence-electron chi connectivity index (χ0n) is 11.6. The molecular formula is C17H18O3. The second-order valence-electron chi connectivity index (χ2n) is 4.79. The van der Waals surface area contributed by atoms with Crippen LogP contribution in [0.5, 0.6) is 5.75 Å². The Morgan fingerprint density at radius 3 is 2.30 bits per heavy atom. The minimum Gasteiger partial charge on any atom is -0.497 e. The molecule has 20 heavy (non-hydrogen) atoms. The molecule has 0 spiro atoms. The van der Waals surface area contributed by atoms with Crippen molar-refractivity contribution < 1.29 is 14.6 Å². The summed E-state index contributed by atoms with van der Waals surface area (Å²) in [4.78, 5) is 11.6. The first-order valence-electron chi connectivity index (χ1n) is 6.55. The summed E-state index contributed by atoms with van der Waals surface area (Å²) in [6.07, 6.45) is 0. The molecule has 0 amide bonds. The predicted molar refractivity (Wildman–Crippen MR) is 78.2 cm³/mol. The van der Waals surface area contributed by atoms with Gasteiger partial charge in [0.25, 0.3) is 0 Å². The molecule has 0 aliphatic heterocycles. The first kappa shape index (κ1) is 14.1. The first-order chi connectivity index (χ1) is 9.63. The van der Waals surface area contributed by atoms with Crippen LogP contribution < -0.4 is 4.74 Å². The summed E-state index contributed by atoms with van der Waals surface area (Å²) in [6, 6.07) is 16.9. The number of carboxylic acid groups (broad SMARTS) is 1. The van der Waals surface area contributed by atoms with Crippen molar-refractivity contribution in [2.45, 2.75) is 18.8 Å². The molecule has 0 heterocycles. The number of hydrogen-bond donors (Lipinski definition) is 1. The second-order valence-corrected chi connectivity index (χ2v) is 4.79. The number of hydrogen-bond acceptors (Lipinski definition) is 2. The lowest BCUT2D eigenvalue weighted by molar-refractivity contribution is -0.139. The van der Waals surface area contributed by atoms with Crippen LogP contribution in [0.1, 0.15) is 29.9 Å². The van der Waals surface area contributed by atoms with Crippen LogP contribution in [0.3, 0.4) is 0 Å². The standard InChI is InChI=1S/C17H18O3/c1-12(14-9-6-10-15(11-14)20-2)16(17(18)19)13-7-4-3-5-8-13/h3-12,16H,1-2H3,(H,18,19). The molecule has 2 rings (SSSR count). The van der Waals surface area contributed by atoms with Crippen LogP contribution in [0.2, 0.25) is 0 Å². The second kappa shape index (κ2) is 6.24. The molecule has 0 aliphatic rings. The minimum absolute atomic E-state index is 0.134. The van der Waals surface area contributed by atoms with Crippen molar-refractivity contribution in [2.24, 2.45) is 0 Å². The third-order valence-corrected chi connectivity index (χ3v) is 3.54. The van der Waals surface area contributed by atoms with E-state index in [2.05, 4.69) is 0 Å². The van der Waals surface area contributed by atoms with Crippen molar-refractivity contribution in [3.8, 4) is 5.75 Å². The highest BCUT2D eigenvalue weighted by molar-refractivity contribution is 5.77. The van der Waals surface area contributed by atoms with Crippen molar-refractivity contribution in [3.05, 3.63) is 65.7 Å². The SMILES string of the molecule is COc1cccc(C(C)C(C(=O)O)c2ccccc2)c1. The van der Waals surface area contributed by atoms with Gasteiger partial charge in [-0.3, -0.25) is 4.79 Å². The van der Waals surface area contributed by atoms with Gasteiger partial charge in [0.2, 0.25) is 0 Å². The van der Waals surface area contributed by atoms with Gasteiger partial charge in [0.15, 0.2) is 0 Å². The maximum atomic E-state index is 11.6. The van der Waals surface area contributed by atoms with Crippen LogP contribution in [-0.4, -0.2) is 18.2 Å². The maximum Gasteiger partial charge on any atom is 0.311 e. The Kier molecular flexibility index (Phi) is 4.41. The highest BCUT2D eigenvalue weighted by Gasteiger charge is 2.27. The lowest BCUT2D eigenvalue weighted by atomic mass is 9.83. The number of carbonyl (C=O) groups is 1. The Balaban J connectivity index is 2.36. The molecular weight excluding hydrogens is 252 g/mol. The average molecular weight is 270 g/mol. The van der Waals surface area contributed by atoms with E-state index in [1.165, 1.54) is 0 Å². The Hall–Kier alpha value is -2.29. The van der Waals surface area contributed by atoms with Gasteiger partial charge >= 0.3 is 5.97 Å². The summed E-state index contributed by atoms with van der Waals surface area (Å²) in [6.45, 7) is 1.93. The van der Waals surface area contributed by atoms with E-state index in [1.807, 2.05) is 61.5 Å². The van der Waals surface area contributed by atoms with Crippen LogP contribution in [0.25, 0.3) is 0 Å². The average Bonchev–Trinajstić information content (AvgIpc) is 2.48. The van der Waals surface area contributed by atoms with E-state index in [9.17, 15) is 9.90 Å². The normalized spacial score (nSPS) is 13.5. The highest BCUT2D eigenvalue weighted by atomic mass is 16.5. The molecule has 2 aromatic carbocycles. The Bertz CT molecular complexity index is 578. The van der Waals surface area contributed by atoms with Gasteiger partial charge in [-0.25, -0.2) is 0 Å². The van der Waals surface area contributed by atoms with E-state index in [0.29, 0.717) is 0 Å². The minimum atomic E-state index is -0.813. The maximum absolute atomic E-state index is 11.6. The monoisotopic (exact) mass is 270 g/mol. The Morgan fingerprint density at radius 1 is 1.05 bits per heavy atom. The lowest BCUT2D eigenvalue weighted by Gasteiger charge is -2.21. The van der Waals surface area contributed by atoms with Crippen molar-refractivity contribution >= 4 is 5.97 Å². The van der Waals surface area contributed by atoms with Gasteiger partial charge in [0, 0.05) is 0 Å². The van der Waals surface area contributed by atoms with Gasteiger partial charge < -0.3 is 9.84 Å². The Labute approximate surface area is 118 Å². The smallest absolute Gasteiger partial charge is 0.311 e. The molecule has 0 aliphatic carbocycles. The molecule has 2 aromatic rings. The number of benzene rings is 2. The molecule has 0 saturated carbocycles. The highest BCUT2D eigenvalue weighted by Crippen LogP contribution is 2.34. The summed E-state index contributed by atoms with van der Waals surface area (Å²) in [5.74, 6) is -0.772. The lowest BCUT2D eigenvalue weighted by Crippen LogP contribution is -2.18. The van der Waals surface area contributed by atoms with Gasteiger partial charge in [0.1, 0.15) is 5.75 Å². The molecule has 0 bridgehead atoms. The molecule has 2 unspecified atom stereocenters. The Morgan fingerprint density at radius 2 is 1.70 bits per heavy atom. The van der Waals surface area contributed by atoms with Gasteiger partial charge in [0.05, 0.1) is 13.0 Å². The molecule has 1 N–H and O–H groups in total. The van der Waals surface area contributed by atoms with Crippen LogP contribution >= 0.6 is 0 Å². The van der Waals surface area contributed by atoms with Crippen molar-refractivity contribution in [1.82, 2.24) is 0 Å². The third kappa shape index (κ3) is 2.99. The van der Waals surface area contributed by atoms with Crippen molar-refractivity contribution in [1.29, 1.82) is 0 Å². The van der Waals surface area contributed by atoms with Crippen LogP contribution in [0.15, 0.2) is 54.6 Å². The number of carboxylic acids is 1. The molecule has 104 valence electrons. The molecule has 3 nitrogen and oxygen atoms in total. The molecule has 0 aromatic heterocycles. The van der Waals surface area contributed by atoms with Crippen LogP contribution in [-0.2, 0) is 4.79 Å². The van der Waals surface area contributed by atoms with Gasteiger partial charge in [-0.15, -0.1) is 0 Å². The van der Waals surface area contributed by atoms with E-state index in [0.717, 1.165) is 16.9 Å². The van der Waals surface area contributed by atoms with Crippen molar-refractivity contribution in [3.63, 3.8) is 0 Å². The largest absolute Gasteiger partial charge is 0.497 e. The summed E-state index contributed by atoms with van der Waals surface area (Å²) < 4.78 is 5.20. The molecule has 3 heteroatoms. The zero-order chi connectivity index (χ0) is 14.5. The number of methoxy groups -OCH3 is 1. The number of rotatable bonds is 5. The van der Waals surface area contributed by atoms with Crippen LogP contribution in [0.4, 0.5) is 0 Å². The summed E-state index contributed by atoms with van der Waals surface area (Å²) in [5, 5.41) is 9.55. The van der Waals surface area contributed by atoms with Crippen LogP contribution in [0, 0.1) is 0 Å². The fourth-order valence-electron chi connectivity index (χ4n) is 2.42. The topological polar surface area (TPSA) is 46.5 Å². The van der Waals surface area contributed by atoms with E-state index < -0.39 is 11.9 Å². The molecule has 2 atom stereocenters. The predicted octanol–water partition coefficient (Wildman–Crippen LogP) is 3.67. The third-order valence-electron chi connectivity index (χ3n) is 3.54. The fraction of sp³-hybridized carbons (Fsp3) is 0.235.